The smallest absolute Gasteiger partial charge is 0.251 e. The zero-order valence-electron chi connectivity index (χ0n) is 14.6. The van der Waals surface area contributed by atoms with Gasteiger partial charge in [-0.05, 0) is 35.7 Å². The molecule has 1 heterocycles. The van der Waals surface area contributed by atoms with Crippen LogP contribution in [0.5, 0.6) is 0 Å². The summed E-state index contributed by atoms with van der Waals surface area (Å²) in [5.41, 5.74) is 2.29. The Kier molecular flexibility index (Phi) is 4.74. The third-order valence-corrected chi connectivity index (χ3v) is 6.63. The second kappa shape index (κ2) is 6.93. The van der Waals surface area contributed by atoms with E-state index in [0.717, 1.165) is 16.8 Å². The van der Waals surface area contributed by atoms with E-state index < -0.39 is 11.5 Å². The van der Waals surface area contributed by atoms with Gasteiger partial charge in [-0.25, -0.2) is 3.93 Å². The van der Waals surface area contributed by atoms with Crippen molar-refractivity contribution in [3.8, 4) is 0 Å². The highest BCUT2D eigenvalue weighted by molar-refractivity contribution is 9.10. The quantitative estimate of drug-likeness (QED) is 0.412. The summed E-state index contributed by atoms with van der Waals surface area (Å²) in [7, 11) is 1.59. The molecule has 4 rings (SSSR count). The minimum atomic E-state index is -0.937. The molecule has 1 fully saturated rings. The lowest BCUT2D eigenvalue weighted by Crippen LogP contribution is -2.55. The first-order valence-electron chi connectivity index (χ1n) is 8.62. The predicted molar refractivity (Wildman–Crippen MR) is 108 cm³/mol. The molecule has 2 aromatic carbocycles. The molecule has 3 atom stereocenters. The van der Waals surface area contributed by atoms with E-state index >= 15 is 0 Å². The number of nitrogens with zero attached hydrogens (tertiary/aromatic N) is 2. The van der Waals surface area contributed by atoms with Crippen LogP contribution in [0.2, 0.25) is 5.02 Å². The van der Waals surface area contributed by atoms with Gasteiger partial charge in [-0.15, -0.1) is 0 Å². The molecule has 1 spiro atoms. The van der Waals surface area contributed by atoms with Crippen LogP contribution in [0, 0.1) is 0 Å². The van der Waals surface area contributed by atoms with Crippen molar-refractivity contribution in [2.24, 2.45) is 5.16 Å². The number of carbonyl (C=O) groups excluding carboxylic acids is 1. The second-order valence-electron chi connectivity index (χ2n) is 6.88. The van der Waals surface area contributed by atoms with Gasteiger partial charge >= 0.3 is 0 Å². The summed E-state index contributed by atoms with van der Waals surface area (Å²) >= 11 is 9.69. The van der Waals surface area contributed by atoms with E-state index in [9.17, 15) is 10.0 Å². The van der Waals surface area contributed by atoms with Gasteiger partial charge in [0.15, 0.2) is 0 Å². The van der Waals surface area contributed by atoms with Crippen molar-refractivity contribution in [2.75, 3.05) is 11.0 Å². The van der Waals surface area contributed by atoms with Gasteiger partial charge < -0.3 is 9.94 Å². The first-order valence-corrected chi connectivity index (χ1v) is 9.70. The molecule has 3 unspecified atom stereocenters. The number of anilines is 1. The lowest BCUT2D eigenvalue weighted by Gasteiger charge is -2.45. The molecule has 0 aromatic heterocycles. The first-order chi connectivity index (χ1) is 13.0. The van der Waals surface area contributed by atoms with Crippen molar-refractivity contribution in [1.82, 2.24) is 0 Å². The minimum absolute atomic E-state index is 0.0856. The van der Waals surface area contributed by atoms with Gasteiger partial charge in [-0.2, -0.15) is 0 Å². The number of benzene rings is 2. The Morgan fingerprint density at radius 3 is 2.74 bits per heavy atom. The van der Waals surface area contributed by atoms with E-state index in [1.54, 1.807) is 13.2 Å². The molecule has 2 aromatic rings. The number of hydrogen-bond donors (Lipinski definition) is 1. The van der Waals surface area contributed by atoms with E-state index in [4.69, 9.17) is 16.3 Å². The van der Waals surface area contributed by atoms with Crippen LogP contribution >= 0.6 is 27.7 Å². The van der Waals surface area contributed by atoms with E-state index in [-0.39, 0.29) is 11.8 Å². The van der Waals surface area contributed by atoms with Gasteiger partial charge in [0.1, 0.15) is 5.41 Å². The normalized spacial score (nSPS) is 28.8. The fourth-order valence-electron chi connectivity index (χ4n) is 4.56. The summed E-state index contributed by atoms with van der Waals surface area (Å²) in [4.78, 5) is 13.6. The van der Waals surface area contributed by atoms with Gasteiger partial charge in [-0.3, -0.25) is 4.79 Å². The fraction of sp³-hybridized carbons (Fsp3) is 0.300. The molecular weight excluding hydrogens is 432 g/mol. The summed E-state index contributed by atoms with van der Waals surface area (Å²) < 4.78 is 7.35. The second-order valence-corrected chi connectivity index (χ2v) is 8.02. The fourth-order valence-corrected chi connectivity index (χ4v) is 5.37. The molecule has 5 nitrogen and oxygen atoms in total. The number of ether oxygens (including phenoxy) is 1. The Morgan fingerprint density at radius 1 is 1.26 bits per heavy atom. The van der Waals surface area contributed by atoms with Gasteiger partial charge in [0.2, 0.25) is 0 Å². The van der Waals surface area contributed by atoms with Crippen molar-refractivity contribution in [3.63, 3.8) is 0 Å². The van der Waals surface area contributed by atoms with E-state index in [2.05, 4.69) is 21.3 Å². The van der Waals surface area contributed by atoms with Gasteiger partial charge in [-0.1, -0.05) is 47.1 Å². The highest BCUT2D eigenvalue weighted by atomic mass is 79.9. The molecule has 140 valence electrons. The number of rotatable bonds is 2. The maximum absolute atomic E-state index is 13.6. The lowest BCUT2D eigenvalue weighted by molar-refractivity contribution is -0.129. The molecular formula is C20H18BrClN2O3. The Labute approximate surface area is 170 Å². The number of fused-ring (bicyclic) bond motifs is 2. The molecule has 2 aliphatic rings. The molecule has 27 heavy (non-hydrogen) atoms. The monoisotopic (exact) mass is 448 g/mol. The highest BCUT2D eigenvalue weighted by Gasteiger charge is 2.62. The van der Waals surface area contributed by atoms with Crippen molar-refractivity contribution >= 4 is 45.1 Å². The Morgan fingerprint density at radius 2 is 2.04 bits per heavy atom. The largest absolute Gasteiger partial charge is 0.411 e. The van der Waals surface area contributed by atoms with Crippen LogP contribution in [0.3, 0.4) is 0 Å². The molecule has 0 bridgehead atoms. The zero-order valence-corrected chi connectivity index (χ0v) is 16.9. The van der Waals surface area contributed by atoms with Crippen LogP contribution in [0.25, 0.3) is 0 Å². The third kappa shape index (κ3) is 2.62. The molecule has 1 amide bonds. The van der Waals surface area contributed by atoms with Gasteiger partial charge in [0.25, 0.3) is 5.91 Å². The topological polar surface area (TPSA) is 62.1 Å². The van der Waals surface area contributed by atoms with Crippen molar-refractivity contribution in [1.29, 1.82) is 0 Å². The molecule has 0 saturated heterocycles. The van der Waals surface area contributed by atoms with Crippen LogP contribution < -0.4 is 3.93 Å². The maximum atomic E-state index is 13.6. The molecule has 1 N–H and O–H groups in total. The Balaban J connectivity index is 2.00. The number of halogens is 2. The standard InChI is InChI=1S/C20H18BrClN2O3/c1-27-18-11-14(23-26)10-16(12-5-4-6-13(22)9-12)20(18)15-7-2-3-8-17(15)24(21)19(20)25/h2-9,16,18,26H,10-11H2,1H3. The summed E-state index contributed by atoms with van der Waals surface area (Å²) in [6.07, 6.45) is 0.347. The molecule has 0 radical (unpaired) electrons. The first kappa shape index (κ1) is 18.5. The third-order valence-electron chi connectivity index (χ3n) is 5.69. The van der Waals surface area contributed by atoms with Crippen LogP contribution in [-0.2, 0) is 14.9 Å². The number of oxime groups is 1. The Hall–Kier alpha value is -1.89. The molecule has 1 aliphatic carbocycles. The average Bonchev–Trinajstić information content (AvgIpc) is 2.91. The van der Waals surface area contributed by atoms with Crippen molar-refractivity contribution in [2.45, 2.75) is 30.3 Å². The number of methoxy groups -OCH3 is 1. The van der Waals surface area contributed by atoms with Gasteiger partial charge in [0, 0.05) is 24.5 Å². The van der Waals surface area contributed by atoms with E-state index in [1.807, 2.05) is 42.5 Å². The Bertz CT molecular complexity index is 935. The summed E-state index contributed by atoms with van der Waals surface area (Å²) in [5.74, 6) is -0.366. The SMILES string of the molecule is COC1CC(=NO)CC(c2cccc(Cl)c2)C12C(=O)N(Br)c1ccccc12. The number of amides is 1. The van der Waals surface area contributed by atoms with Crippen LogP contribution in [0.1, 0.15) is 29.9 Å². The summed E-state index contributed by atoms with van der Waals surface area (Å²) in [6.45, 7) is 0. The van der Waals surface area contributed by atoms with E-state index in [0.29, 0.717) is 23.6 Å². The number of carbonyl (C=O) groups is 1. The molecule has 7 heteroatoms. The zero-order chi connectivity index (χ0) is 19.2. The maximum Gasteiger partial charge on any atom is 0.251 e. The van der Waals surface area contributed by atoms with Gasteiger partial charge in [0.05, 0.1) is 33.7 Å². The number of hydrogen-bond acceptors (Lipinski definition) is 4. The van der Waals surface area contributed by atoms with Crippen LogP contribution in [0.4, 0.5) is 5.69 Å². The molecule has 1 saturated carbocycles. The lowest BCUT2D eigenvalue weighted by atomic mass is 9.59. The summed E-state index contributed by atoms with van der Waals surface area (Å²) in [6, 6.07) is 15.2. The molecule has 1 aliphatic heterocycles. The highest BCUT2D eigenvalue weighted by Crippen LogP contribution is 2.57. The van der Waals surface area contributed by atoms with Crippen LogP contribution in [-0.4, -0.2) is 30.0 Å². The van der Waals surface area contributed by atoms with Crippen molar-refractivity contribution < 1.29 is 14.7 Å². The van der Waals surface area contributed by atoms with E-state index in [1.165, 1.54) is 3.93 Å². The average molecular weight is 450 g/mol. The minimum Gasteiger partial charge on any atom is -0.411 e. The summed E-state index contributed by atoms with van der Waals surface area (Å²) in [5, 5.41) is 13.5. The number of para-hydroxylation sites is 1. The van der Waals surface area contributed by atoms with Crippen molar-refractivity contribution in [3.05, 3.63) is 64.7 Å². The van der Waals surface area contributed by atoms with Crippen LogP contribution in [0.15, 0.2) is 53.7 Å². The predicted octanol–water partition coefficient (Wildman–Crippen LogP) is 4.66.